The molecule has 0 spiro atoms. The summed E-state index contributed by atoms with van der Waals surface area (Å²) < 4.78 is 24.0. The Morgan fingerprint density at radius 2 is 2.22 bits per heavy atom. The molecule has 3 rings (SSSR count). The van der Waals surface area contributed by atoms with Gasteiger partial charge in [-0.3, -0.25) is 4.79 Å². The number of benzene rings is 1. The molecule has 118 valence electrons. The maximum absolute atomic E-state index is 12.4. The summed E-state index contributed by atoms with van der Waals surface area (Å²) in [6, 6.07) is 6.23. The Morgan fingerprint density at radius 3 is 2.87 bits per heavy atom. The molecule has 23 heavy (non-hydrogen) atoms. The van der Waals surface area contributed by atoms with Gasteiger partial charge in [-0.05, 0) is 30.2 Å². The van der Waals surface area contributed by atoms with Crippen LogP contribution in [0.25, 0.3) is 0 Å². The van der Waals surface area contributed by atoms with Crippen LogP contribution >= 0.6 is 0 Å². The van der Waals surface area contributed by atoms with E-state index in [-0.39, 0.29) is 23.2 Å². The monoisotopic (exact) mass is 332 g/mol. The van der Waals surface area contributed by atoms with Gasteiger partial charge in [0.1, 0.15) is 18.9 Å². The van der Waals surface area contributed by atoms with Gasteiger partial charge < -0.3 is 4.90 Å². The molecule has 2 N–H and O–H groups in total. The molecule has 1 aliphatic rings. The van der Waals surface area contributed by atoms with E-state index in [4.69, 9.17) is 10.4 Å². The number of aromatic nitrogens is 3. The van der Waals surface area contributed by atoms with Crippen molar-refractivity contribution < 1.29 is 13.2 Å². The van der Waals surface area contributed by atoms with Crippen LogP contribution in [0, 0.1) is 11.3 Å². The van der Waals surface area contributed by atoms with Crippen molar-refractivity contribution in [2.45, 2.75) is 17.9 Å². The van der Waals surface area contributed by atoms with Crippen molar-refractivity contribution in [2.24, 2.45) is 5.14 Å². The van der Waals surface area contributed by atoms with E-state index in [1.807, 2.05) is 0 Å². The Bertz CT molecular complexity index is 927. The minimum Gasteiger partial charge on any atom is -0.310 e. The van der Waals surface area contributed by atoms with Crippen LogP contribution in [0.4, 0.5) is 5.69 Å². The molecule has 1 amide bonds. The molecule has 0 bridgehead atoms. The summed E-state index contributed by atoms with van der Waals surface area (Å²) in [5, 5.41) is 17.6. The molecule has 0 saturated carbocycles. The Morgan fingerprint density at radius 1 is 1.43 bits per heavy atom. The zero-order valence-electron chi connectivity index (χ0n) is 11.9. The van der Waals surface area contributed by atoms with Crippen molar-refractivity contribution in [3.8, 4) is 6.07 Å². The number of hydrogen-bond donors (Lipinski definition) is 1. The number of nitrogens with zero attached hydrogens (tertiary/aromatic N) is 5. The Balaban J connectivity index is 1.82. The van der Waals surface area contributed by atoms with Gasteiger partial charge in [0.15, 0.2) is 0 Å². The smallest absolute Gasteiger partial charge is 0.252 e. The summed E-state index contributed by atoms with van der Waals surface area (Å²) in [6.07, 6.45) is 1.86. The number of amides is 1. The maximum atomic E-state index is 12.4. The zero-order chi connectivity index (χ0) is 16.6. The third-order valence-electron chi connectivity index (χ3n) is 3.51. The number of carbonyl (C=O) groups is 1. The molecule has 0 fully saturated rings. The number of nitriles is 1. The second-order valence-corrected chi connectivity index (χ2v) is 6.57. The first-order valence-corrected chi connectivity index (χ1v) is 8.19. The van der Waals surface area contributed by atoms with Crippen LogP contribution in [0.5, 0.6) is 0 Å². The first-order chi connectivity index (χ1) is 10.9. The van der Waals surface area contributed by atoms with Crippen molar-refractivity contribution in [1.29, 1.82) is 5.26 Å². The normalized spacial score (nSPS) is 13.7. The average molecular weight is 332 g/mol. The topological polar surface area (TPSA) is 135 Å². The van der Waals surface area contributed by atoms with E-state index in [9.17, 15) is 13.2 Å². The lowest BCUT2D eigenvalue weighted by Crippen LogP contribution is -2.32. The minimum atomic E-state index is -3.77. The van der Waals surface area contributed by atoms with Gasteiger partial charge in [0.05, 0.1) is 4.90 Å². The van der Waals surface area contributed by atoms with E-state index in [1.165, 1.54) is 23.1 Å². The Labute approximate surface area is 132 Å². The van der Waals surface area contributed by atoms with Crippen LogP contribution in [-0.4, -0.2) is 35.6 Å². The fourth-order valence-electron chi connectivity index (χ4n) is 2.46. The summed E-state index contributed by atoms with van der Waals surface area (Å²) in [5.41, 5.74) is 1.41. The van der Waals surface area contributed by atoms with Crippen LogP contribution < -0.4 is 10.0 Å². The quantitative estimate of drug-likeness (QED) is 0.796. The number of rotatable bonds is 3. The molecule has 1 aliphatic heterocycles. The molecule has 2 aromatic rings. The second-order valence-electron chi connectivity index (χ2n) is 5.01. The lowest BCUT2D eigenvalue weighted by atomic mass is 10.2. The first-order valence-electron chi connectivity index (χ1n) is 6.64. The van der Waals surface area contributed by atoms with E-state index in [0.29, 0.717) is 18.7 Å². The van der Waals surface area contributed by atoms with Gasteiger partial charge in [-0.15, -0.1) is 5.10 Å². The Hall–Kier alpha value is -2.77. The van der Waals surface area contributed by atoms with Gasteiger partial charge in [-0.1, -0.05) is 0 Å². The molecular formula is C13H12N6O3S. The number of hydrogen-bond acceptors (Lipinski definition) is 6. The average Bonchev–Trinajstić information content (AvgIpc) is 3.11. The molecule has 2 heterocycles. The maximum Gasteiger partial charge on any atom is 0.252 e. The minimum absolute atomic E-state index is 0.00239. The molecular weight excluding hydrogens is 320 g/mol. The number of primary sulfonamides is 1. The molecule has 0 saturated heterocycles. The van der Waals surface area contributed by atoms with E-state index < -0.39 is 10.0 Å². The summed E-state index contributed by atoms with van der Waals surface area (Å²) >= 11 is 0. The van der Waals surface area contributed by atoms with Crippen LogP contribution in [0.15, 0.2) is 29.4 Å². The number of nitrogens with two attached hydrogens (primary N) is 1. The fourth-order valence-corrected chi connectivity index (χ4v) is 3.02. The molecule has 9 nitrogen and oxygen atoms in total. The Kier molecular flexibility index (Phi) is 3.59. The summed E-state index contributed by atoms with van der Waals surface area (Å²) in [6.45, 7) is 0.396. The summed E-state index contributed by atoms with van der Waals surface area (Å²) in [4.78, 5) is 17.7. The number of fused-ring (bicyclic) bond motifs is 1. The van der Waals surface area contributed by atoms with Crippen LogP contribution in [-0.2, 0) is 27.8 Å². The zero-order valence-corrected chi connectivity index (χ0v) is 12.7. The van der Waals surface area contributed by atoms with E-state index in [2.05, 4.69) is 10.1 Å². The molecule has 0 radical (unpaired) electrons. The van der Waals surface area contributed by atoms with Gasteiger partial charge in [-0.2, -0.15) is 5.26 Å². The summed E-state index contributed by atoms with van der Waals surface area (Å²) in [7, 11) is -3.77. The van der Waals surface area contributed by atoms with Gasteiger partial charge >= 0.3 is 0 Å². The van der Waals surface area contributed by atoms with Crippen LogP contribution in [0.2, 0.25) is 0 Å². The standard InChI is InChI=1S/C13H12N6O3S/c14-6-12-16-8-18(17-12)7-13(20)19-4-3-9-5-10(23(15,21)22)1-2-11(9)19/h1-2,5,8H,3-4,7H2,(H2,15,21,22). The number of sulfonamides is 1. The molecule has 1 aromatic carbocycles. The highest BCUT2D eigenvalue weighted by Gasteiger charge is 2.26. The molecule has 0 aliphatic carbocycles. The molecule has 10 heteroatoms. The lowest BCUT2D eigenvalue weighted by molar-refractivity contribution is -0.119. The van der Waals surface area contributed by atoms with Crippen molar-refractivity contribution >= 4 is 21.6 Å². The highest BCUT2D eigenvalue weighted by atomic mass is 32.2. The second kappa shape index (κ2) is 5.45. The van der Waals surface area contributed by atoms with E-state index >= 15 is 0 Å². The van der Waals surface area contributed by atoms with E-state index in [0.717, 1.165) is 5.56 Å². The van der Waals surface area contributed by atoms with Crippen molar-refractivity contribution in [2.75, 3.05) is 11.4 Å². The first kappa shape index (κ1) is 15.1. The fraction of sp³-hybridized carbons (Fsp3) is 0.231. The SMILES string of the molecule is N#Cc1ncn(CC(=O)N2CCc3cc(S(N)(=O)=O)ccc32)n1. The third-order valence-corrected chi connectivity index (χ3v) is 4.42. The van der Waals surface area contributed by atoms with Gasteiger partial charge in [0.2, 0.25) is 15.9 Å². The summed E-state index contributed by atoms with van der Waals surface area (Å²) in [5.74, 6) is -0.223. The van der Waals surface area contributed by atoms with Crippen molar-refractivity contribution in [3.63, 3.8) is 0 Å². The predicted molar refractivity (Wildman–Crippen MR) is 78.6 cm³/mol. The lowest BCUT2D eigenvalue weighted by Gasteiger charge is -2.17. The van der Waals surface area contributed by atoms with Crippen LogP contribution in [0.1, 0.15) is 11.4 Å². The van der Waals surface area contributed by atoms with E-state index in [1.54, 1.807) is 17.0 Å². The van der Waals surface area contributed by atoms with Gasteiger partial charge in [0.25, 0.3) is 5.82 Å². The number of carbonyl (C=O) groups excluding carboxylic acids is 1. The van der Waals surface area contributed by atoms with Gasteiger partial charge in [-0.25, -0.2) is 23.2 Å². The highest BCUT2D eigenvalue weighted by molar-refractivity contribution is 7.89. The molecule has 0 atom stereocenters. The van der Waals surface area contributed by atoms with Crippen molar-refractivity contribution in [3.05, 3.63) is 35.9 Å². The third kappa shape index (κ3) is 2.92. The molecule has 0 unspecified atom stereocenters. The predicted octanol–water partition coefficient (Wildman–Crippen LogP) is -0.614. The molecule has 1 aromatic heterocycles. The highest BCUT2D eigenvalue weighted by Crippen LogP contribution is 2.30. The number of anilines is 1. The van der Waals surface area contributed by atoms with Crippen molar-refractivity contribution in [1.82, 2.24) is 14.8 Å². The van der Waals surface area contributed by atoms with Crippen LogP contribution in [0.3, 0.4) is 0 Å². The van der Waals surface area contributed by atoms with Gasteiger partial charge in [0, 0.05) is 12.2 Å². The largest absolute Gasteiger partial charge is 0.310 e.